The van der Waals surface area contributed by atoms with E-state index in [1.165, 1.54) is 0 Å². The fourth-order valence-corrected chi connectivity index (χ4v) is 2.18. The van der Waals surface area contributed by atoms with E-state index < -0.39 is 0 Å². The molecule has 0 amide bonds. The summed E-state index contributed by atoms with van der Waals surface area (Å²) in [7, 11) is 0. The highest BCUT2D eigenvalue weighted by Gasteiger charge is 2.08. The first kappa shape index (κ1) is 10.1. The van der Waals surface area contributed by atoms with Gasteiger partial charge in [0.05, 0.1) is 17.1 Å². The monoisotopic (exact) mass is 250 g/mol. The number of anilines is 1. The summed E-state index contributed by atoms with van der Waals surface area (Å²) in [6.45, 7) is 0. The molecule has 3 heterocycles. The summed E-state index contributed by atoms with van der Waals surface area (Å²) in [6, 6.07) is 7.76. The molecule has 4 N–H and O–H groups in total. The maximum Gasteiger partial charge on any atom is 0.163 e. The Kier molecular flexibility index (Phi) is 1.88. The number of nitrogens with one attached hydrogen (secondary N) is 2. The zero-order valence-corrected chi connectivity index (χ0v) is 9.88. The Balaban J connectivity index is 1.97. The lowest BCUT2D eigenvalue weighted by molar-refractivity contribution is 1.12. The number of nitrogens with zero attached hydrogens (tertiary/aromatic N) is 3. The molecule has 1 aromatic carbocycles. The van der Waals surface area contributed by atoms with Crippen molar-refractivity contribution in [1.29, 1.82) is 0 Å². The van der Waals surface area contributed by atoms with Gasteiger partial charge < -0.3 is 10.7 Å². The predicted molar refractivity (Wildman–Crippen MR) is 73.4 cm³/mol. The van der Waals surface area contributed by atoms with Crippen molar-refractivity contribution in [2.75, 3.05) is 5.73 Å². The molecule has 0 aliphatic heterocycles. The lowest BCUT2D eigenvalue weighted by Crippen LogP contribution is -1.96. The molecule has 4 rings (SSSR count). The van der Waals surface area contributed by atoms with Crippen molar-refractivity contribution in [3.05, 3.63) is 36.7 Å². The summed E-state index contributed by atoms with van der Waals surface area (Å²) < 4.78 is 0. The summed E-state index contributed by atoms with van der Waals surface area (Å²) in [6.07, 6.45) is 3.58. The normalized spacial score (nSPS) is 11.4. The van der Waals surface area contributed by atoms with Gasteiger partial charge in [-0.2, -0.15) is 5.10 Å². The van der Waals surface area contributed by atoms with E-state index in [2.05, 4.69) is 25.1 Å². The van der Waals surface area contributed by atoms with E-state index in [0.717, 1.165) is 27.5 Å². The number of fused-ring (bicyclic) bond motifs is 2. The van der Waals surface area contributed by atoms with Crippen LogP contribution in [0.1, 0.15) is 0 Å². The molecule has 0 spiro atoms. The van der Waals surface area contributed by atoms with Crippen LogP contribution in [0.25, 0.3) is 33.3 Å². The smallest absolute Gasteiger partial charge is 0.163 e. The van der Waals surface area contributed by atoms with E-state index >= 15 is 0 Å². The molecule has 4 aromatic rings. The minimum Gasteiger partial charge on any atom is -0.383 e. The van der Waals surface area contributed by atoms with Crippen LogP contribution >= 0.6 is 0 Å². The standard InChI is InChI=1S/C13H10N6/c14-11-9-3-4-15-13(9)18-12(17-11)7-1-2-10-8(5-7)6-16-19-10/h1-6H,(H,16,19)(H3,14,15,17,18). The van der Waals surface area contributed by atoms with E-state index in [4.69, 9.17) is 5.73 Å². The lowest BCUT2D eigenvalue weighted by atomic mass is 10.1. The number of hydrogen-bond acceptors (Lipinski definition) is 4. The van der Waals surface area contributed by atoms with Gasteiger partial charge in [0.25, 0.3) is 0 Å². The third kappa shape index (κ3) is 1.46. The zero-order chi connectivity index (χ0) is 12.8. The van der Waals surface area contributed by atoms with Crippen LogP contribution < -0.4 is 5.73 Å². The molecule has 0 saturated heterocycles. The highest BCUT2D eigenvalue weighted by atomic mass is 15.1. The Morgan fingerprint density at radius 3 is 3.00 bits per heavy atom. The van der Waals surface area contributed by atoms with E-state index in [0.29, 0.717) is 11.6 Å². The van der Waals surface area contributed by atoms with Gasteiger partial charge in [0, 0.05) is 17.1 Å². The number of nitrogens with two attached hydrogens (primary N) is 1. The summed E-state index contributed by atoms with van der Waals surface area (Å²) in [5.41, 5.74) is 8.58. The molecule has 0 atom stereocenters. The highest BCUT2D eigenvalue weighted by Crippen LogP contribution is 2.24. The Hall–Kier alpha value is -2.89. The summed E-state index contributed by atoms with van der Waals surface area (Å²) >= 11 is 0. The summed E-state index contributed by atoms with van der Waals surface area (Å²) in [5, 5.41) is 8.77. The van der Waals surface area contributed by atoms with Crippen LogP contribution in [0.3, 0.4) is 0 Å². The third-order valence-corrected chi connectivity index (χ3v) is 3.14. The molecule has 3 aromatic heterocycles. The first-order valence-corrected chi connectivity index (χ1v) is 5.85. The Morgan fingerprint density at radius 2 is 2.05 bits per heavy atom. The van der Waals surface area contributed by atoms with Gasteiger partial charge in [-0.1, -0.05) is 0 Å². The second kappa shape index (κ2) is 3.55. The van der Waals surface area contributed by atoms with Gasteiger partial charge in [0.15, 0.2) is 5.82 Å². The van der Waals surface area contributed by atoms with Crippen molar-refractivity contribution in [3.8, 4) is 11.4 Å². The maximum atomic E-state index is 5.94. The van der Waals surface area contributed by atoms with Gasteiger partial charge in [0.2, 0.25) is 0 Å². The molecular formula is C13H10N6. The molecular weight excluding hydrogens is 240 g/mol. The average Bonchev–Trinajstić information content (AvgIpc) is 3.06. The molecule has 0 radical (unpaired) electrons. The molecule has 0 aliphatic carbocycles. The van der Waals surface area contributed by atoms with Crippen LogP contribution in [-0.4, -0.2) is 25.1 Å². The average molecular weight is 250 g/mol. The van der Waals surface area contributed by atoms with E-state index in [9.17, 15) is 0 Å². The van der Waals surface area contributed by atoms with Crippen LogP contribution in [0.2, 0.25) is 0 Å². The molecule has 0 unspecified atom stereocenters. The number of nitrogen functional groups attached to an aromatic ring is 1. The van der Waals surface area contributed by atoms with Crippen LogP contribution in [0.5, 0.6) is 0 Å². The number of aromatic nitrogens is 5. The Bertz CT molecular complexity index is 888. The van der Waals surface area contributed by atoms with Crippen LogP contribution in [0.15, 0.2) is 36.7 Å². The van der Waals surface area contributed by atoms with Gasteiger partial charge in [0.1, 0.15) is 11.5 Å². The van der Waals surface area contributed by atoms with E-state index in [1.54, 1.807) is 12.4 Å². The minimum absolute atomic E-state index is 0.480. The largest absolute Gasteiger partial charge is 0.383 e. The second-order valence-corrected chi connectivity index (χ2v) is 4.34. The van der Waals surface area contributed by atoms with Crippen molar-refractivity contribution in [1.82, 2.24) is 25.1 Å². The second-order valence-electron chi connectivity index (χ2n) is 4.34. The van der Waals surface area contributed by atoms with E-state index in [-0.39, 0.29) is 0 Å². The van der Waals surface area contributed by atoms with Gasteiger partial charge in [-0.25, -0.2) is 9.97 Å². The Labute approximate surface area is 107 Å². The van der Waals surface area contributed by atoms with Crippen LogP contribution in [0.4, 0.5) is 5.82 Å². The van der Waals surface area contributed by atoms with Crippen LogP contribution in [-0.2, 0) is 0 Å². The summed E-state index contributed by atoms with van der Waals surface area (Å²) in [5.74, 6) is 1.09. The van der Waals surface area contributed by atoms with Crippen molar-refractivity contribution in [2.24, 2.45) is 0 Å². The van der Waals surface area contributed by atoms with Crippen molar-refractivity contribution < 1.29 is 0 Å². The third-order valence-electron chi connectivity index (χ3n) is 3.14. The fourth-order valence-electron chi connectivity index (χ4n) is 2.18. The highest BCUT2D eigenvalue weighted by molar-refractivity contribution is 5.88. The molecule has 0 aliphatic rings. The number of rotatable bonds is 1. The first-order valence-electron chi connectivity index (χ1n) is 5.85. The van der Waals surface area contributed by atoms with Gasteiger partial charge in [-0.05, 0) is 24.3 Å². The molecule has 6 nitrogen and oxygen atoms in total. The molecule has 0 bridgehead atoms. The number of H-pyrrole nitrogens is 2. The number of aromatic amines is 2. The number of benzene rings is 1. The quantitative estimate of drug-likeness (QED) is 0.482. The van der Waals surface area contributed by atoms with Gasteiger partial charge >= 0.3 is 0 Å². The van der Waals surface area contributed by atoms with Crippen molar-refractivity contribution in [2.45, 2.75) is 0 Å². The summed E-state index contributed by atoms with van der Waals surface area (Å²) in [4.78, 5) is 11.9. The van der Waals surface area contributed by atoms with Gasteiger partial charge in [-0.15, -0.1) is 0 Å². The van der Waals surface area contributed by atoms with Crippen molar-refractivity contribution >= 4 is 27.8 Å². The lowest BCUT2D eigenvalue weighted by Gasteiger charge is -2.02. The molecule has 0 fully saturated rings. The SMILES string of the molecule is Nc1nc(-c2ccc3[nH]ncc3c2)nc2[nH]ccc12. The number of hydrogen-bond donors (Lipinski definition) is 3. The van der Waals surface area contributed by atoms with E-state index in [1.807, 2.05) is 24.3 Å². The zero-order valence-electron chi connectivity index (χ0n) is 9.88. The first-order chi connectivity index (χ1) is 9.31. The fraction of sp³-hybridized carbons (Fsp3) is 0. The minimum atomic E-state index is 0.480. The Morgan fingerprint density at radius 1 is 1.11 bits per heavy atom. The molecule has 19 heavy (non-hydrogen) atoms. The van der Waals surface area contributed by atoms with Crippen molar-refractivity contribution in [3.63, 3.8) is 0 Å². The van der Waals surface area contributed by atoms with Crippen LogP contribution in [0, 0.1) is 0 Å². The predicted octanol–water partition coefficient (Wildman–Crippen LogP) is 2.08. The topological polar surface area (TPSA) is 96.3 Å². The molecule has 0 saturated carbocycles. The van der Waals surface area contributed by atoms with Gasteiger partial charge in [-0.3, -0.25) is 5.10 Å². The molecule has 92 valence electrons. The molecule has 6 heteroatoms. The maximum absolute atomic E-state index is 5.94.